The lowest BCUT2D eigenvalue weighted by Crippen LogP contribution is -2.23. The van der Waals surface area contributed by atoms with Crippen molar-refractivity contribution in [1.82, 2.24) is 15.4 Å². The molecule has 0 aliphatic rings. The number of hydrogen-bond acceptors (Lipinski definition) is 4. The molecule has 1 aromatic rings. The molecule has 1 heterocycles. The molecule has 1 amide bonds. The minimum absolute atomic E-state index is 0.296. The first-order valence-corrected chi connectivity index (χ1v) is 3.37. The molecular formula is C7H9N3O2. The molecule has 5 nitrogen and oxygen atoms in total. The van der Waals surface area contributed by atoms with Crippen molar-refractivity contribution in [3.8, 4) is 0 Å². The molecule has 0 radical (unpaired) electrons. The fourth-order valence-electron chi connectivity index (χ4n) is 0.728. The number of nitrogens with zero attached hydrogens (tertiary/aromatic N) is 2. The van der Waals surface area contributed by atoms with Crippen LogP contribution in [0, 0.1) is 6.92 Å². The summed E-state index contributed by atoms with van der Waals surface area (Å²) in [6.45, 7) is 1.71. The van der Waals surface area contributed by atoms with Crippen LogP contribution < -0.4 is 5.48 Å². The van der Waals surface area contributed by atoms with Gasteiger partial charge in [0.05, 0.1) is 7.11 Å². The van der Waals surface area contributed by atoms with Gasteiger partial charge in [-0.25, -0.2) is 15.4 Å². The third kappa shape index (κ3) is 2.00. The van der Waals surface area contributed by atoms with E-state index in [0.717, 1.165) is 0 Å². The first-order valence-electron chi connectivity index (χ1n) is 3.37. The number of hydrogen-bond donors (Lipinski definition) is 1. The molecule has 0 saturated carbocycles. The summed E-state index contributed by atoms with van der Waals surface area (Å²) in [6.07, 6.45) is 1.52. The summed E-state index contributed by atoms with van der Waals surface area (Å²) < 4.78 is 0. The molecule has 1 aromatic heterocycles. The second-order valence-corrected chi connectivity index (χ2v) is 2.12. The van der Waals surface area contributed by atoms with Crippen LogP contribution in [0.4, 0.5) is 0 Å². The molecule has 5 heteroatoms. The van der Waals surface area contributed by atoms with Gasteiger partial charge in [0.2, 0.25) is 0 Å². The fourth-order valence-corrected chi connectivity index (χ4v) is 0.728. The van der Waals surface area contributed by atoms with E-state index in [9.17, 15) is 4.79 Å². The maximum absolute atomic E-state index is 11.1. The van der Waals surface area contributed by atoms with Crippen LogP contribution in [-0.4, -0.2) is 23.0 Å². The van der Waals surface area contributed by atoms with Gasteiger partial charge in [0.1, 0.15) is 11.5 Å². The number of aromatic nitrogens is 2. The van der Waals surface area contributed by atoms with Crippen molar-refractivity contribution in [1.29, 1.82) is 0 Å². The quantitative estimate of drug-likeness (QED) is 0.633. The zero-order valence-corrected chi connectivity index (χ0v) is 6.87. The number of hydroxylamine groups is 1. The Bertz CT molecular complexity index is 288. The second kappa shape index (κ2) is 3.77. The third-order valence-corrected chi connectivity index (χ3v) is 1.20. The normalized spacial score (nSPS) is 9.50. The Hall–Kier alpha value is -1.49. The Labute approximate surface area is 69.7 Å². The molecule has 0 aliphatic carbocycles. The minimum Gasteiger partial charge on any atom is -0.277 e. The highest BCUT2D eigenvalue weighted by Crippen LogP contribution is 1.93. The van der Waals surface area contributed by atoms with Gasteiger partial charge in [0.15, 0.2) is 0 Å². The van der Waals surface area contributed by atoms with E-state index in [1.165, 1.54) is 19.4 Å². The lowest BCUT2D eigenvalue weighted by atomic mass is 10.4. The van der Waals surface area contributed by atoms with Crippen molar-refractivity contribution in [2.45, 2.75) is 6.92 Å². The maximum atomic E-state index is 11.1. The second-order valence-electron chi connectivity index (χ2n) is 2.12. The third-order valence-electron chi connectivity index (χ3n) is 1.20. The van der Waals surface area contributed by atoms with Gasteiger partial charge in [-0.3, -0.25) is 9.63 Å². The SMILES string of the molecule is CONC(=O)c1ccnc(C)n1. The smallest absolute Gasteiger partial charge is 0.277 e. The fraction of sp³-hybridized carbons (Fsp3) is 0.286. The number of amides is 1. The Morgan fingerprint density at radius 3 is 3.00 bits per heavy atom. The topological polar surface area (TPSA) is 64.1 Å². The number of carbonyl (C=O) groups excluding carboxylic acids is 1. The highest BCUT2D eigenvalue weighted by molar-refractivity contribution is 5.91. The van der Waals surface area contributed by atoms with Gasteiger partial charge < -0.3 is 0 Å². The maximum Gasteiger partial charge on any atom is 0.293 e. The molecule has 0 saturated heterocycles. The predicted molar refractivity (Wildman–Crippen MR) is 41.2 cm³/mol. The van der Waals surface area contributed by atoms with Gasteiger partial charge in [-0.2, -0.15) is 0 Å². The van der Waals surface area contributed by atoms with Crippen LogP contribution in [0.1, 0.15) is 16.3 Å². The summed E-state index contributed by atoms with van der Waals surface area (Å²) in [5, 5.41) is 0. The van der Waals surface area contributed by atoms with Gasteiger partial charge in [-0.15, -0.1) is 0 Å². The van der Waals surface area contributed by atoms with Gasteiger partial charge in [0, 0.05) is 6.20 Å². The Kier molecular flexibility index (Phi) is 2.71. The average Bonchev–Trinajstić information content (AvgIpc) is 2.05. The largest absolute Gasteiger partial charge is 0.293 e. The van der Waals surface area contributed by atoms with E-state index < -0.39 is 0 Å². The van der Waals surface area contributed by atoms with E-state index in [4.69, 9.17) is 0 Å². The number of nitrogens with one attached hydrogen (secondary N) is 1. The van der Waals surface area contributed by atoms with Crippen LogP contribution in [0.2, 0.25) is 0 Å². The van der Waals surface area contributed by atoms with Crippen LogP contribution in [0.15, 0.2) is 12.3 Å². The lowest BCUT2D eigenvalue weighted by molar-refractivity contribution is 0.0532. The molecule has 64 valence electrons. The number of aryl methyl sites for hydroxylation is 1. The Balaban J connectivity index is 2.81. The number of carbonyl (C=O) groups is 1. The molecular weight excluding hydrogens is 158 g/mol. The van der Waals surface area contributed by atoms with Crippen LogP contribution in [0.5, 0.6) is 0 Å². The van der Waals surface area contributed by atoms with Crippen LogP contribution in [-0.2, 0) is 4.84 Å². The van der Waals surface area contributed by atoms with Crippen molar-refractivity contribution in [2.24, 2.45) is 0 Å². The molecule has 12 heavy (non-hydrogen) atoms. The van der Waals surface area contributed by atoms with Crippen LogP contribution in [0.25, 0.3) is 0 Å². The van der Waals surface area contributed by atoms with E-state index in [-0.39, 0.29) is 5.91 Å². The van der Waals surface area contributed by atoms with Crippen LogP contribution in [0.3, 0.4) is 0 Å². The van der Waals surface area contributed by atoms with Crippen molar-refractivity contribution >= 4 is 5.91 Å². The lowest BCUT2D eigenvalue weighted by Gasteiger charge is -2.00. The summed E-state index contributed by atoms with van der Waals surface area (Å²) in [5.41, 5.74) is 2.46. The van der Waals surface area contributed by atoms with Gasteiger partial charge in [0.25, 0.3) is 5.91 Å². The number of rotatable bonds is 2. The predicted octanol–water partition coefficient (Wildman–Crippen LogP) is 0.0762. The summed E-state index contributed by atoms with van der Waals surface area (Å²) in [6, 6.07) is 1.52. The molecule has 0 fully saturated rings. The van der Waals surface area contributed by atoms with Gasteiger partial charge >= 0.3 is 0 Å². The summed E-state index contributed by atoms with van der Waals surface area (Å²) >= 11 is 0. The van der Waals surface area contributed by atoms with E-state index >= 15 is 0 Å². The molecule has 0 atom stereocenters. The molecule has 0 bridgehead atoms. The van der Waals surface area contributed by atoms with Crippen molar-refractivity contribution < 1.29 is 9.63 Å². The first kappa shape index (κ1) is 8.61. The summed E-state index contributed by atoms with van der Waals surface area (Å²) in [5.74, 6) is 0.182. The van der Waals surface area contributed by atoms with Crippen molar-refractivity contribution in [3.05, 3.63) is 23.8 Å². The highest BCUT2D eigenvalue weighted by atomic mass is 16.6. The average molecular weight is 167 g/mol. The molecule has 1 N–H and O–H groups in total. The molecule has 0 unspecified atom stereocenters. The standard InChI is InChI=1S/C7H9N3O2/c1-5-8-4-3-6(9-5)7(11)10-12-2/h3-4H,1-2H3,(H,10,11). The molecule has 0 aliphatic heterocycles. The zero-order chi connectivity index (χ0) is 8.97. The zero-order valence-electron chi connectivity index (χ0n) is 6.87. The molecule has 0 aromatic carbocycles. The van der Waals surface area contributed by atoms with Gasteiger partial charge in [-0.1, -0.05) is 0 Å². The van der Waals surface area contributed by atoms with E-state index in [1.54, 1.807) is 6.92 Å². The van der Waals surface area contributed by atoms with Crippen molar-refractivity contribution in [2.75, 3.05) is 7.11 Å². The van der Waals surface area contributed by atoms with Gasteiger partial charge in [-0.05, 0) is 13.0 Å². The Morgan fingerprint density at radius 2 is 2.42 bits per heavy atom. The van der Waals surface area contributed by atoms with E-state index in [1.807, 2.05) is 0 Å². The monoisotopic (exact) mass is 167 g/mol. The first-order chi connectivity index (χ1) is 5.74. The van der Waals surface area contributed by atoms with Crippen LogP contribution >= 0.6 is 0 Å². The molecule has 1 rings (SSSR count). The highest BCUT2D eigenvalue weighted by Gasteiger charge is 2.05. The molecule has 0 spiro atoms. The van der Waals surface area contributed by atoms with E-state index in [2.05, 4.69) is 20.3 Å². The minimum atomic E-state index is -0.372. The Morgan fingerprint density at radius 1 is 1.67 bits per heavy atom. The van der Waals surface area contributed by atoms with Crippen molar-refractivity contribution in [3.63, 3.8) is 0 Å². The summed E-state index contributed by atoms with van der Waals surface area (Å²) in [7, 11) is 1.37. The van der Waals surface area contributed by atoms with E-state index in [0.29, 0.717) is 11.5 Å². The summed E-state index contributed by atoms with van der Waals surface area (Å²) in [4.78, 5) is 23.2.